The van der Waals surface area contributed by atoms with E-state index in [0.29, 0.717) is 0 Å². The van der Waals surface area contributed by atoms with Gasteiger partial charge in [0.05, 0.1) is 6.10 Å². The zero-order valence-electron chi connectivity index (χ0n) is 7.69. The van der Waals surface area contributed by atoms with Gasteiger partial charge in [-0.1, -0.05) is 6.92 Å². The average molecular weight is 182 g/mol. The van der Waals surface area contributed by atoms with Crippen molar-refractivity contribution < 1.29 is 14.6 Å². The summed E-state index contributed by atoms with van der Waals surface area (Å²) in [5, 5.41) is 9.61. The monoisotopic (exact) mass is 182 g/mol. The van der Waals surface area contributed by atoms with E-state index in [0.717, 1.165) is 24.8 Å². The fourth-order valence-corrected chi connectivity index (χ4v) is 2.02. The van der Waals surface area contributed by atoms with Gasteiger partial charge in [-0.3, -0.25) is 0 Å². The molecule has 0 saturated heterocycles. The summed E-state index contributed by atoms with van der Waals surface area (Å²) in [6.07, 6.45) is 3.58. The van der Waals surface area contributed by atoms with Gasteiger partial charge in [0.1, 0.15) is 6.10 Å². The average Bonchev–Trinajstić information content (AvgIpc) is 2.36. The first-order chi connectivity index (χ1) is 6.16. The Balaban J connectivity index is 2.14. The summed E-state index contributed by atoms with van der Waals surface area (Å²) in [6.45, 7) is 2.00. The number of fused-ring (bicyclic) bond motifs is 1. The molecule has 1 aliphatic heterocycles. The molecule has 1 heterocycles. The van der Waals surface area contributed by atoms with E-state index in [1.165, 1.54) is 0 Å². The molecule has 0 aromatic rings. The van der Waals surface area contributed by atoms with Gasteiger partial charge in [0.2, 0.25) is 0 Å². The molecule has 0 radical (unpaired) electrons. The van der Waals surface area contributed by atoms with Crippen LogP contribution >= 0.6 is 0 Å². The minimum atomic E-state index is -0.245. The first kappa shape index (κ1) is 8.75. The van der Waals surface area contributed by atoms with Gasteiger partial charge >= 0.3 is 5.97 Å². The van der Waals surface area contributed by atoms with Crippen LogP contribution in [0.2, 0.25) is 0 Å². The van der Waals surface area contributed by atoms with Crippen LogP contribution < -0.4 is 0 Å². The van der Waals surface area contributed by atoms with E-state index in [4.69, 9.17) is 4.74 Å². The number of rotatable bonds is 0. The summed E-state index contributed by atoms with van der Waals surface area (Å²) in [6, 6.07) is 0. The van der Waals surface area contributed by atoms with Gasteiger partial charge < -0.3 is 9.84 Å². The van der Waals surface area contributed by atoms with Crippen LogP contribution in [0.25, 0.3) is 0 Å². The molecule has 0 amide bonds. The molecule has 2 rings (SSSR count). The number of carbonyl (C=O) groups is 1. The standard InChI is InChI=1S/C10H14O3/c1-6-4-9-7(2-3-8(6)11)5-10(12)13-9/h5-6,8-9,11H,2-4H2,1H3. The predicted molar refractivity (Wildman–Crippen MR) is 47.0 cm³/mol. The summed E-state index contributed by atoms with van der Waals surface area (Å²) in [5.74, 6) is 0.00499. The summed E-state index contributed by atoms with van der Waals surface area (Å²) in [5.41, 5.74) is 1.06. The summed E-state index contributed by atoms with van der Waals surface area (Å²) in [7, 11) is 0. The van der Waals surface area contributed by atoms with E-state index in [2.05, 4.69) is 0 Å². The minimum absolute atomic E-state index is 0.0559. The van der Waals surface area contributed by atoms with E-state index < -0.39 is 0 Å². The van der Waals surface area contributed by atoms with E-state index >= 15 is 0 Å². The highest BCUT2D eigenvalue weighted by Gasteiger charge is 2.32. The Kier molecular flexibility index (Phi) is 2.12. The van der Waals surface area contributed by atoms with Crippen molar-refractivity contribution in [1.29, 1.82) is 0 Å². The maximum absolute atomic E-state index is 10.9. The lowest BCUT2D eigenvalue weighted by Crippen LogP contribution is -2.20. The van der Waals surface area contributed by atoms with Crippen molar-refractivity contribution in [3.63, 3.8) is 0 Å². The summed E-state index contributed by atoms with van der Waals surface area (Å²) in [4.78, 5) is 10.9. The Hall–Kier alpha value is -0.830. The number of aliphatic hydroxyl groups is 1. The topological polar surface area (TPSA) is 46.5 Å². The molecule has 0 bridgehead atoms. The largest absolute Gasteiger partial charge is 0.455 e. The van der Waals surface area contributed by atoms with Crippen LogP contribution in [0, 0.1) is 5.92 Å². The van der Waals surface area contributed by atoms with E-state index in [1.54, 1.807) is 6.08 Å². The van der Waals surface area contributed by atoms with Crippen LogP contribution in [0.4, 0.5) is 0 Å². The Morgan fingerprint density at radius 1 is 1.62 bits per heavy atom. The van der Waals surface area contributed by atoms with Crippen molar-refractivity contribution >= 4 is 5.97 Å². The lowest BCUT2D eigenvalue weighted by molar-refractivity contribution is -0.139. The molecule has 0 aromatic heterocycles. The highest BCUT2D eigenvalue weighted by molar-refractivity contribution is 5.85. The molecule has 1 saturated carbocycles. The highest BCUT2D eigenvalue weighted by Crippen LogP contribution is 2.32. The molecule has 2 aliphatic rings. The second kappa shape index (κ2) is 3.14. The highest BCUT2D eigenvalue weighted by atomic mass is 16.5. The molecule has 3 heteroatoms. The van der Waals surface area contributed by atoms with Crippen LogP contribution in [0.5, 0.6) is 0 Å². The number of hydrogen-bond donors (Lipinski definition) is 1. The quantitative estimate of drug-likeness (QED) is 0.569. The zero-order valence-corrected chi connectivity index (χ0v) is 7.69. The third-order valence-electron chi connectivity index (χ3n) is 2.95. The second-order valence-electron chi connectivity index (χ2n) is 3.96. The summed E-state index contributed by atoms with van der Waals surface area (Å²) >= 11 is 0. The molecule has 3 unspecified atom stereocenters. The Bertz CT molecular complexity index is 257. The van der Waals surface area contributed by atoms with Gasteiger partial charge in [-0.15, -0.1) is 0 Å². The number of hydrogen-bond acceptors (Lipinski definition) is 3. The smallest absolute Gasteiger partial charge is 0.331 e. The van der Waals surface area contributed by atoms with Gasteiger partial charge in [0.15, 0.2) is 0 Å². The minimum Gasteiger partial charge on any atom is -0.455 e. The molecule has 1 N–H and O–H groups in total. The lowest BCUT2D eigenvalue weighted by Gasteiger charge is -2.17. The van der Waals surface area contributed by atoms with Gasteiger partial charge in [-0.2, -0.15) is 0 Å². The maximum Gasteiger partial charge on any atom is 0.331 e. The third kappa shape index (κ3) is 1.61. The molecule has 0 spiro atoms. The van der Waals surface area contributed by atoms with Crippen molar-refractivity contribution in [3.05, 3.63) is 11.6 Å². The van der Waals surface area contributed by atoms with Crippen LogP contribution in [0.1, 0.15) is 26.2 Å². The van der Waals surface area contributed by atoms with Crippen molar-refractivity contribution in [2.45, 2.75) is 38.4 Å². The Labute approximate surface area is 77.4 Å². The molecule has 72 valence electrons. The number of ether oxygens (including phenoxy) is 1. The van der Waals surface area contributed by atoms with Gasteiger partial charge in [0.25, 0.3) is 0 Å². The van der Waals surface area contributed by atoms with Crippen LogP contribution in [-0.4, -0.2) is 23.3 Å². The van der Waals surface area contributed by atoms with Crippen molar-refractivity contribution in [3.8, 4) is 0 Å². The zero-order chi connectivity index (χ0) is 9.42. The van der Waals surface area contributed by atoms with Crippen LogP contribution in [0.15, 0.2) is 11.6 Å². The number of esters is 1. The van der Waals surface area contributed by atoms with E-state index in [1.807, 2.05) is 6.92 Å². The molecule has 1 fully saturated rings. The molecule has 3 nitrogen and oxygen atoms in total. The first-order valence-corrected chi connectivity index (χ1v) is 4.76. The Morgan fingerprint density at radius 3 is 3.15 bits per heavy atom. The first-order valence-electron chi connectivity index (χ1n) is 4.76. The van der Waals surface area contributed by atoms with Gasteiger partial charge in [-0.25, -0.2) is 4.79 Å². The Morgan fingerprint density at radius 2 is 2.38 bits per heavy atom. The third-order valence-corrected chi connectivity index (χ3v) is 2.95. The fraction of sp³-hybridized carbons (Fsp3) is 0.700. The van der Waals surface area contributed by atoms with Crippen LogP contribution in [-0.2, 0) is 9.53 Å². The van der Waals surface area contributed by atoms with Gasteiger partial charge in [0, 0.05) is 6.08 Å². The molecule has 0 aromatic carbocycles. The molecule has 3 atom stereocenters. The lowest BCUT2D eigenvalue weighted by atomic mass is 9.99. The van der Waals surface area contributed by atoms with Crippen molar-refractivity contribution in [2.24, 2.45) is 5.92 Å². The normalized spacial score (nSPS) is 39.1. The summed E-state index contributed by atoms with van der Waals surface area (Å²) < 4.78 is 5.12. The molecular weight excluding hydrogens is 168 g/mol. The fourth-order valence-electron chi connectivity index (χ4n) is 2.02. The number of carbonyl (C=O) groups excluding carboxylic acids is 1. The van der Waals surface area contributed by atoms with E-state index in [-0.39, 0.29) is 24.1 Å². The molecular formula is C10H14O3. The second-order valence-corrected chi connectivity index (χ2v) is 3.96. The van der Waals surface area contributed by atoms with Crippen molar-refractivity contribution in [2.75, 3.05) is 0 Å². The maximum atomic E-state index is 10.9. The SMILES string of the molecule is CC1CC2OC(=O)C=C2CCC1O. The van der Waals surface area contributed by atoms with Crippen LogP contribution in [0.3, 0.4) is 0 Å². The number of aliphatic hydroxyl groups excluding tert-OH is 1. The molecule has 1 aliphatic carbocycles. The van der Waals surface area contributed by atoms with E-state index in [9.17, 15) is 9.90 Å². The van der Waals surface area contributed by atoms with Gasteiger partial charge in [-0.05, 0) is 30.8 Å². The molecule has 13 heavy (non-hydrogen) atoms. The predicted octanol–water partition coefficient (Wildman–Crippen LogP) is 1.02. The van der Waals surface area contributed by atoms with Crippen molar-refractivity contribution in [1.82, 2.24) is 0 Å².